The summed E-state index contributed by atoms with van der Waals surface area (Å²) >= 11 is 0. The molecule has 2 amide bonds. The minimum absolute atomic E-state index is 0.209. The number of amides is 2. The van der Waals surface area contributed by atoms with Gasteiger partial charge >= 0.3 is 0 Å². The van der Waals surface area contributed by atoms with E-state index < -0.39 is 23.0 Å². The highest BCUT2D eigenvalue weighted by Gasteiger charge is 2.73. The number of hydrogen-bond donors (Lipinski definition) is 0. The van der Waals surface area contributed by atoms with Gasteiger partial charge in [0.1, 0.15) is 5.75 Å². The lowest BCUT2D eigenvalue weighted by molar-refractivity contribution is -0.131. The maximum atomic E-state index is 14.0. The van der Waals surface area contributed by atoms with Crippen molar-refractivity contribution in [2.24, 2.45) is 11.8 Å². The zero-order valence-corrected chi connectivity index (χ0v) is 20.7. The van der Waals surface area contributed by atoms with Crippen LogP contribution >= 0.6 is 0 Å². The van der Waals surface area contributed by atoms with Gasteiger partial charge in [-0.3, -0.25) is 9.59 Å². The molecule has 3 heterocycles. The first-order chi connectivity index (χ1) is 17.3. The highest BCUT2D eigenvalue weighted by molar-refractivity contribution is 6.26. The van der Waals surface area contributed by atoms with Crippen LogP contribution < -0.4 is 9.64 Å². The first-order valence-corrected chi connectivity index (χ1v) is 12.5. The van der Waals surface area contributed by atoms with Gasteiger partial charge in [0.15, 0.2) is 0 Å². The minimum atomic E-state index is -0.720. The van der Waals surface area contributed by atoms with E-state index >= 15 is 0 Å². The van der Waals surface area contributed by atoms with Crippen molar-refractivity contribution < 1.29 is 19.1 Å². The Labute approximate surface area is 210 Å². The highest BCUT2D eigenvalue weighted by Crippen LogP contribution is 2.62. The maximum Gasteiger partial charge on any atom is 0.240 e. The largest absolute Gasteiger partial charge is 0.493 e. The molecule has 3 aliphatic heterocycles. The second-order valence-corrected chi connectivity index (χ2v) is 10.7. The maximum absolute atomic E-state index is 14.0. The van der Waals surface area contributed by atoms with Gasteiger partial charge in [-0.15, -0.1) is 0 Å². The van der Waals surface area contributed by atoms with Crippen LogP contribution in [0.4, 0.5) is 5.69 Å². The minimum Gasteiger partial charge on any atom is -0.493 e. The molecule has 6 rings (SSSR count). The molecule has 0 saturated carbocycles. The van der Waals surface area contributed by atoms with Crippen LogP contribution in [0.1, 0.15) is 42.9 Å². The fraction of sp³-hybridized carbons (Fsp3) is 0.367. The summed E-state index contributed by atoms with van der Waals surface area (Å²) < 4.78 is 12.7. The van der Waals surface area contributed by atoms with Crippen LogP contribution in [0, 0.1) is 37.0 Å². The summed E-state index contributed by atoms with van der Waals surface area (Å²) in [5.41, 5.74) is 1.94. The molecule has 0 aromatic heterocycles. The van der Waals surface area contributed by atoms with E-state index in [1.165, 1.54) is 4.90 Å². The van der Waals surface area contributed by atoms with E-state index in [-0.39, 0.29) is 11.8 Å². The molecule has 6 heteroatoms. The average molecular weight is 481 g/mol. The van der Waals surface area contributed by atoms with Crippen LogP contribution in [0.2, 0.25) is 0 Å². The summed E-state index contributed by atoms with van der Waals surface area (Å²) in [4.78, 5) is 29.2. The Morgan fingerprint density at radius 3 is 2.42 bits per heavy atom. The number of anilines is 1. The second-order valence-electron chi connectivity index (χ2n) is 10.7. The number of benzene rings is 3. The van der Waals surface area contributed by atoms with Crippen LogP contribution in [0.15, 0.2) is 54.6 Å². The fourth-order valence-electron chi connectivity index (χ4n) is 6.78. The molecular weight excluding hydrogens is 452 g/mol. The third-order valence-electron chi connectivity index (χ3n) is 8.26. The Balaban J connectivity index is 1.33. The molecule has 3 fully saturated rings. The van der Waals surface area contributed by atoms with Crippen molar-refractivity contribution >= 4 is 28.3 Å². The van der Waals surface area contributed by atoms with Crippen molar-refractivity contribution in [1.82, 2.24) is 0 Å². The first kappa shape index (κ1) is 22.8. The van der Waals surface area contributed by atoms with Gasteiger partial charge < -0.3 is 9.47 Å². The average Bonchev–Trinajstić information content (AvgIpc) is 3.42. The van der Waals surface area contributed by atoms with Crippen molar-refractivity contribution in [2.75, 3.05) is 11.5 Å². The predicted octanol–water partition coefficient (Wildman–Crippen LogP) is 5.22. The SMILES string of the molecule is Cc1cc(C)cc(OCCC23CCC(C)(O2)C2C(=O)N(c4ccc(C#N)c5ccccc45)C(=O)C23)c1. The van der Waals surface area contributed by atoms with Gasteiger partial charge in [0.2, 0.25) is 11.8 Å². The lowest BCUT2D eigenvalue weighted by Crippen LogP contribution is -2.43. The number of aryl methyl sites for hydroxylation is 2. The Hall–Kier alpha value is -3.69. The van der Waals surface area contributed by atoms with Crippen LogP contribution in [0.25, 0.3) is 10.8 Å². The van der Waals surface area contributed by atoms with E-state index in [0.29, 0.717) is 24.3 Å². The molecule has 182 valence electrons. The third kappa shape index (κ3) is 3.19. The predicted molar refractivity (Wildman–Crippen MR) is 136 cm³/mol. The summed E-state index contributed by atoms with van der Waals surface area (Å²) in [5.74, 6) is -0.678. The van der Waals surface area contributed by atoms with Crippen molar-refractivity contribution in [3.8, 4) is 11.8 Å². The number of carbonyl (C=O) groups excluding carboxylic acids is 2. The van der Waals surface area contributed by atoms with Gasteiger partial charge in [0, 0.05) is 17.2 Å². The molecule has 0 aliphatic carbocycles. The molecule has 36 heavy (non-hydrogen) atoms. The van der Waals surface area contributed by atoms with Crippen molar-refractivity contribution in [2.45, 2.75) is 51.2 Å². The molecule has 3 saturated heterocycles. The van der Waals surface area contributed by atoms with E-state index in [9.17, 15) is 14.9 Å². The van der Waals surface area contributed by atoms with Crippen molar-refractivity contribution in [3.05, 3.63) is 71.3 Å². The summed E-state index contributed by atoms with van der Waals surface area (Å²) in [6, 6.07) is 19.2. The van der Waals surface area contributed by atoms with E-state index in [0.717, 1.165) is 40.5 Å². The standard InChI is InChI=1S/C30H28N2O4/c1-18-14-19(2)16-21(15-18)35-13-12-30-11-10-29(3,36-30)25-26(30)28(34)32(27(25)33)24-9-8-20(17-31)22-6-4-5-7-23(22)24/h4-9,14-16,25-26H,10-13H2,1-3H3. The molecule has 2 bridgehead atoms. The second kappa shape index (κ2) is 7.91. The monoisotopic (exact) mass is 480 g/mol. The Kier molecular flexibility index (Phi) is 5.00. The molecule has 4 unspecified atom stereocenters. The number of imide groups is 1. The Morgan fingerprint density at radius 2 is 1.69 bits per heavy atom. The molecule has 0 N–H and O–H groups in total. The molecule has 3 aliphatic rings. The molecule has 3 aromatic carbocycles. The first-order valence-electron chi connectivity index (χ1n) is 12.5. The number of carbonyl (C=O) groups is 2. The van der Waals surface area contributed by atoms with Gasteiger partial charge in [-0.25, -0.2) is 4.90 Å². The summed E-state index contributed by atoms with van der Waals surface area (Å²) in [5, 5.41) is 11.0. The lowest BCUT2D eigenvalue weighted by atomic mass is 9.67. The number of rotatable bonds is 5. The summed E-state index contributed by atoms with van der Waals surface area (Å²) in [7, 11) is 0. The normalized spacial score (nSPS) is 28.6. The van der Waals surface area contributed by atoms with Gasteiger partial charge in [0.05, 0.1) is 47.0 Å². The smallest absolute Gasteiger partial charge is 0.240 e. The molecule has 0 spiro atoms. The number of fused-ring (bicyclic) bond motifs is 6. The number of ether oxygens (including phenoxy) is 2. The number of nitriles is 1. The zero-order chi connectivity index (χ0) is 25.2. The Bertz CT molecular complexity index is 1450. The van der Waals surface area contributed by atoms with Crippen molar-refractivity contribution in [1.29, 1.82) is 5.26 Å². The van der Waals surface area contributed by atoms with Crippen LogP contribution in [0.3, 0.4) is 0 Å². The Morgan fingerprint density at radius 1 is 1.00 bits per heavy atom. The molecule has 0 radical (unpaired) electrons. The van der Waals surface area contributed by atoms with Gasteiger partial charge in [-0.2, -0.15) is 5.26 Å². The number of hydrogen-bond acceptors (Lipinski definition) is 5. The quantitative estimate of drug-likeness (QED) is 0.468. The van der Waals surface area contributed by atoms with E-state index in [1.54, 1.807) is 12.1 Å². The fourth-order valence-corrected chi connectivity index (χ4v) is 6.78. The summed E-state index contributed by atoms with van der Waals surface area (Å²) in [6.45, 7) is 6.45. The van der Waals surface area contributed by atoms with Crippen molar-refractivity contribution in [3.63, 3.8) is 0 Å². The lowest BCUT2D eigenvalue weighted by Gasteiger charge is -2.31. The van der Waals surface area contributed by atoms with Gasteiger partial charge in [0.25, 0.3) is 0 Å². The summed E-state index contributed by atoms with van der Waals surface area (Å²) in [6.07, 6.45) is 2.00. The topological polar surface area (TPSA) is 79.6 Å². The van der Waals surface area contributed by atoms with Gasteiger partial charge in [-0.1, -0.05) is 30.3 Å². The third-order valence-corrected chi connectivity index (χ3v) is 8.26. The van der Waals surface area contributed by atoms with Crippen LogP contribution in [-0.2, 0) is 14.3 Å². The van der Waals surface area contributed by atoms with Crippen LogP contribution in [0.5, 0.6) is 5.75 Å². The molecule has 4 atom stereocenters. The van der Waals surface area contributed by atoms with E-state index in [2.05, 4.69) is 12.1 Å². The number of nitrogens with zero attached hydrogens (tertiary/aromatic N) is 2. The molecule has 6 nitrogen and oxygen atoms in total. The molecular formula is C30H28N2O4. The molecule has 3 aromatic rings. The highest BCUT2D eigenvalue weighted by atomic mass is 16.5. The van der Waals surface area contributed by atoms with Gasteiger partial charge in [-0.05, 0) is 69.0 Å². The van der Waals surface area contributed by atoms with Crippen LogP contribution in [-0.4, -0.2) is 29.6 Å². The zero-order valence-electron chi connectivity index (χ0n) is 20.7. The van der Waals surface area contributed by atoms with E-state index in [4.69, 9.17) is 9.47 Å². The van der Waals surface area contributed by atoms with E-state index in [1.807, 2.05) is 57.2 Å².